The zero-order chi connectivity index (χ0) is 11.4. The van der Waals surface area contributed by atoms with E-state index in [4.69, 9.17) is 0 Å². The molecule has 1 rings (SSSR count). The zero-order valence-electron chi connectivity index (χ0n) is 10.2. The molecule has 0 spiro atoms. The second kappa shape index (κ2) is 5.45. The van der Waals surface area contributed by atoms with E-state index in [1.807, 2.05) is 18.7 Å². The number of aryl methyl sites for hydroxylation is 1. The molecule has 0 aliphatic carbocycles. The van der Waals surface area contributed by atoms with Crippen LogP contribution in [0.5, 0.6) is 0 Å². The largest absolute Gasteiger partial charge is 0.353 e. The average Bonchev–Trinajstić information content (AvgIpc) is 2.46. The third kappa shape index (κ3) is 3.45. The minimum Gasteiger partial charge on any atom is -0.353 e. The summed E-state index contributed by atoms with van der Waals surface area (Å²) in [7, 11) is 0. The summed E-state index contributed by atoms with van der Waals surface area (Å²) >= 11 is 1.87. The molecule has 0 aliphatic heterocycles. The van der Waals surface area contributed by atoms with Crippen molar-refractivity contribution < 1.29 is 0 Å². The second-order valence-electron chi connectivity index (χ2n) is 4.22. The van der Waals surface area contributed by atoms with Crippen LogP contribution < -0.4 is 5.32 Å². The normalized spacial score (nSPS) is 13.2. The molecule has 0 fully saturated rings. The van der Waals surface area contributed by atoms with Gasteiger partial charge in [0.2, 0.25) is 5.95 Å². The number of aromatic nitrogens is 2. The molecule has 3 nitrogen and oxygen atoms in total. The molecule has 0 bridgehead atoms. The molecule has 0 amide bonds. The molecule has 0 saturated carbocycles. The number of nitrogens with zero attached hydrogens (tertiary/aromatic N) is 2. The summed E-state index contributed by atoms with van der Waals surface area (Å²) < 4.78 is 2.23. The van der Waals surface area contributed by atoms with Gasteiger partial charge in [0, 0.05) is 24.0 Å². The first-order chi connectivity index (χ1) is 7.04. The van der Waals surface area contributed by atoms with Crippen molar-refractivity contribution in [3.63, 3.8) is 0 Å². The molecule has 86 valence electrons. The minimum atomic E-state index is 0.423. The lowest BCUT2D eigenvalue weighted by molar-refractivity contribution is 0.610. The van der Waals surface area contributed by atoms with Crippen molar-refractivity contribution in [2.24, 2.45) is 0 Å². The van der Waals surface area contributed by atoms with Gasteiger partial charge in [-0.25, -0.2) is 4.98 Å². The number of anilines is 1. The molecular weight excluding hydrogens is 206 g/mol. The molecule has 1 N–H and O–H groups in total. The van der Waals surface area contributed by atoms with Crippen molar-refractivity contribution in [1.82, 2.24) is 9.55 Å². The number of thioether (sulfide) groups is 1. The van der Waals surface area contributed by atoms with Crippen LogP contribution in [0.1, 0.15) is 32.5 Å². The molecule has 1 aromatic rings. The van der Waals surface area contributed by atoms with E-state index in [-0.39, 0.29) is 0 Å². The van der Waals surface area contributed by atoms with Crippen LogP contribution in [-0.4, -0.2) is 27.6 Å². The van der Waals surface area contributed by atoms with Crippen LogP contribution >= 0.6 is 11.8 Å². The first-order valence-corrected chi connectivity index (χ1v) is 6.75. The first-order valence-electron chi connectivity index (χ1n) is 5.35. The predicted molar refractivity (Wildman–Crippen MR) is 68.8 cm³/mol. The molecule has 0 saturated heterocycles. The molecule has 1 aromatic heterocycles. The Balaban J connectivity index is 2.85. The van der Waals surface area contributed by atoms with Gasteiger partial charge in [0.1, 0.15) is 0 Å². The number of hydrogen-bond acceptors (Lipinski definition) is 3. The molecular formula is C11H21N3S. The summed E-state index contributed by atoms with van der Waals surface area (Å²) in [5, 5.41) is 3.38. The topological polar surface area (TPSA) is 29.9 Å². The molecule has 1 unspecified atom stereocenters. The fourth-order valence-electron chi connectivity index (χ4n) is 1.54. The maximum atomic E-state index is 4.50. The van der Waals surface area contributed by atoms with Crippen molar-refractivity contribution in [1.29, 1.82) is 0 Å². The Morgan fingerprint density at radius 3 is 2.67 bits per heavy atom. The van der Waals surface area contributed by atoms with E-state index in [2.05, 4.69) is 48.1 Å². The van der Waals surface area contributed by atoms with Crippen LogP contribution in [0.15, 0.2) is 6.20 Å². The fourth-order valence-corrected chi connectivity index (χ4v) is 2.18. The van der Waals surface area contributed by atoms with Gasteiger partial charge in [0.25, 0.3) is 0 Å². The standard InChI is InChI=1S/C11H21N3S/c1-8(2)12-11-13-9(3)6-14(11)10(4)7-15-5/h6,8,10H,7H2,1-5H3,(H,12,13). The Morgan fingerprint density at radius 1 is 1.47 bits per heavy atom. The Kier molecular flexibility index (Phi) is 4.51. The third-order valence-electron chi connectivity index (χ3n) is 2.15. The number of rotatable bonds is 5. The van der Waals surface area contributed by atoms with Gasteiger partial charge in [0.15, 0.2) is 0 Å². The van der Waals surface area contributed by atoms with Crippen molar-refractivity contribution in [3.8, 4) is 0 Å². The van der Waals surface area contributed by atoms with Crippen molar-refractivity contribution in [2.45, 2.75) is 39.8 Å². The van der Waals surface area contributed by atoms with Crippen LogP contribution in [0.3, 0.4) is 0 Å². The van der Waals surface area contributed by atoms with Crippen molar-refractivity contribution in [3.05, 3.63) is 11.9 Å². The van der Waals surface area contributed by atoms with E-state index < -0.39 is 0 Å². The Morgan fingerprint density at radius 2 is 2.13 bits per heavy atom. The first kappa shape index (κ1) is 12.4. The van der Waals surface area contributed by atoms with E-state index >= 15 is 0 Å². The van der Waals surface area contributed by atoms with Crippen LogP contribution in [0.2, 0.25) is 0 Å². The smallest absolute Gasteiger partial charge is 0.203 e. The Bertz CT molecular complexity index is 307. The van der Waals surface area contributed by atoms with Gasteiger partial charge in [-0.1, -0.05) is 0 Å². The van der Waals surface area contributed by atoms with Crippen LogP contribution in [0.4, 0.5) is 5.95 Å². The van der Waals surface area contributed by atoms with Crippen molar-refractivity contribution in [2.75, 3.05) is 17.3 Å². The molecule has 1 atom stereocenters. The SMILES string of the molecule is CSCC(C)n1cc(C)nc1NC(C)C. The molecule has 4 heteroatoms. The predicted octanol–water partition coefficient (Wildman–Crippen LogP) is 2.94. The van der Waals surface area contributed by atoms with E-state index in [1.165, 1.54) is 0 Å². The highest BCUT2D eigenvalue weighted by Gasteiger charge is 2.11. The molecule has 0 aliphatic rings. The average molecular weight is 227 g/mol. The second-order valence-corrected chi connectivity index (χ2v) is 5.13. The van der Waals surface area contributed by atoms with Gasteiger partial charge in [-0.15, -0.1) is 0 Å². The summed E-state index contributed by atoms with van der Waals surface area (Å²) in [6.07, 6.45) is 4.25. The third-order valence-corrected chi connectivity index (χ3v) is 2.97. The minimum absolute atomic E-state index is 0.423. The highest BCUT2D eigenvalue weighted by Crippen LogP contribution is 2.19. The van der Waals surface area contributed by atoms with Gasteiger partial charge in [-0.3, -0.25) is 0 Å². The monoisotopic (exact) mass is 227 g/mol. The maximum absolute atomic E-state index is 4.50. The van der Waals surface area contributed by atoms with E-state index in [0.717, 1.165) is 17.4 Å². The van der Waals surface area contributed by atoms with Crippen LogP contribution in [0.25, 0.3) is 0 Å². The quantitative estimate of drug-likeness (QED) is 0.839. The van der Waals surface area contributed by atoms with Crippen LogP contribution in [-0.2, 0) is 0 Å². The summed E-state index contributed by atoms with van der Waals surface area (Å²) in [4.78, 5) is 4.50. The summed E-state index contributed by atoms with van der Waals surface area (Å²) in [6.45, 7) is 8.53. The number of nitrogens with one attached hydrogen (secondary N) is 1. The lowest BCUT2D eigenvalue weighted by Crippen LogP contribution is -2.17. The molecule has 0 radical (unpaired) electrons. The summed E-state index contributed by atoms with van der Waals surface area (Å²) in [6, 6.07) is 0.912. The van der Waals surface area contributed by atoms with E-state index in [0.29, 0.717) is 12.1 Å². The van der Waals surface area contributed by atoms with Gasteiger partial charge >= 0.3 is 0 Å². The fraction of sp³-hybridized carbons (Fsp3) is 0.727. The van der Waals surface area contributed by atoms with Crippen LogP contribution in [0, 0.1) is 6.92 Å². The highest BCUT2D eigenvalue weighted by atomic mass is 32.2. The maximum Gasteiger partial charge on any atom is 0.203 e. The van der Waals surface area contributed by atoms with E-state index in [1.54, 1.807) is 0 Å². The number of imidazole rings is 1. The van der Waals surface area contributed by atoms with Crippen molar-refractivity contribution >= 4 is 17.7 Å². The Labute approximate surface area is 96.7 Å². The Hall–Kier alpha value is -0.640. The molecule has 0 aromatic carbocycles. The van der Waals surface area contributed by atoms with Gasteiger partial charge in [-0.2, -0.15) is 11.8 Å². The van der Waals surface area contributed by atoms with E-state index in [9.17, 15) is 0 Å². The highest BCUT2D eigenvalue weighted by molar-refractivity contribution is 7.98. The number of hydrogen-bond donors (Lipinski definition) is 1. The summed E-state index contributed by atoms with van der Waals surface area (Å²) in [5.41, 5.74) is 1.08. The lowest BCUT2D eigenvalue weighted by atomic mass is 10.4. The van der Waals surface area contributed by atoms with Gasteiger partial charge in [0.05, 0.1) is 5.69 Å². The lowest BCUT2D eigenvalue weighted by Gasteiger charge is -2.17. The molecule has 15 heavy (non-hydrogen) atoms. The van der Waals surface area contributed by atoms with Gasteiger partial charge in [-0.05, 0) is 34.0 Å². The summed E-state index contributed by atoms with van der Waals surface area (Å²) in [5.74, 6) is 2.10. The van der Waals surface area contributed by atoms with Gasteiger partial charge < -0.3 is 9.88 Å². The molecule has 1 heterocycles. The zero-order valence-corrected chi connectivity index (χ0v) is 11.1.